The first-order valence-corrected chi connectivity index (χ1v) is 9.72. The third-order valence-electron chi connectivity index (χ3n) is 2.37. The van der Waals surface area contributed by atoms with E-state index in [-0.39, 0.29) is 17.1 Å². The standard InChI is InChI=1S/C10H20O2Si.C2H2F3NO/c1-6-7-9(12)10(8(2)11)13(3,4)5;3-2(4,5)1(6)7/h10H,6-7H2,1-5H3;(H2,6,7). The highest BCUT2D eigenvalue weighted by molar-refractivity contribution is 6.84. The molecule has 118 valence electrons. The quantitative estimate of drug-likeness (QED) is 0.626. The molecule has 1 amide bonds. The predicted molar refractivity (Wildman–Crippen MR) is 72.9 cm³/mol. The second-order valence-corrected chi connectivity index (χ2v) is 10.8. The Hall–Kier alpha value is -1.18. The van der Waals surface area contributed by atoms with Gasteiger partial charge in [-0.1, -0.05) is 26.6 Å². The molecule has 0 aromatic carbocycles. The van der Waals surface area contributed by atoms with Gasteiger partial charge in [-0.3, -0.25) is 14.4 Å². The van der Waals surface area contributed by atoms with Crippen LogP contribution in [0.4, 0.5) is 13.2 Å². The molecule has 1 unspecified atom stereocenters. The van der Waals surface area contributed by atoms with Crippen molar-refractivity contribution in [1.29, 1.82) is 0 Å². The lowest BCUT2D eigenvalue weighted by atomic mass is 10.1. The highest BCUT2D eigenvalue weighted by Gasteiger charge is 2.36. The minimum absolute atomic E-state index is 0.0533. The van der Waals surface area contributed by atoms with Crippen LogP contribution in [0.3, 0.4) is 0 Å². The highest BCUT2D eigenvalue weighted by Crippen LogP contribution is 2.25. The van der Waals surface area contributed by atoms with Gasteiger partial charge in [0.15, 0.2) is 0 Å². The number of amides is 1. The van der Waals surface area contributed by atoms with E-state index < -0.39 is 20.2 Å². The first-order chi connectivity index (χ1) is 8.75. The topological polar surface area (TPSA) is 77.2 Å². The molecule has 0 saturated heterocycles. The van der Waals surface area contributed by atoms with Crippen molar-refractivity contribution >= 4 is 25.5 Å². The minimum atomic E-state index is -4.86. The molecule has 4 nitrogen and oxygen atoms in total. The maximum atomic E-state index is 11.6. The number of carbonyl (C=O) groups excluding carboxylic acids is 3. The summed E-state index contributed by atoms with van der Waals surface area (Å²) in [5, 5.41) is 0. The lowest BCUT2D eigenvalue weighted by Gasteiger charge is -2.25. The van der Waals surface area contributed by atoms with Gasteiger partial charge in [-0.2, -0.15) is 13.2 Å². The van der Waals surface area contributed by atoms with Gasteiger partial charge in [-0.15, -0.1) is 0 Å². The fourth-order valence-electron chi connectivity index (χ4n) is 1.71. The summed E-state index contributed by atoms with van der Waals surface area (Å²) < 4.78 is 32.1. The lowest BCUT2D eigenvalue weighted by molar-refractivity contribution is -0.169. The molecule has 0 aliphatic heterocycles. The van der Waals surface area contributed by atoms with E-state index in [1.807, 2.05) is 6.92 Å². The molecule has 0 heterocycles. The molecule has 0 aromatic heterocycles. The van der Waals surface area contributed by atoms with E-state index in [2.05, 4.69) is 25.4 Å². The van der Waals surface area contributed by atoms with E-state index in [0.29, 0.717) is 6.42 Å². The molecule has 0 aliphatic rings. The van der Waals surface area contributed by atoms with Crippen LogP contribution < -0.4 is 5.73 Å². The molecule has 0 saturated carbocycles. The molecule has 0 bridgehead atoms. The summed E-state index contributed by atoms with van der Waals surface area (Å²) in [5.74, 6) is -2.06. The Labute approximate surface area is 117 Å². The van der Waals surface area contributed by atoms with E-state index in [1.54, 1.807) is 0 Å². The summed E-state index contributed by atoms with van der Waals surface area (Å²) in [5.41, 5.74) is 3.52. The van der Waals surface area contributed by atoms with Crippen molar-refractivity contribution in [3.63, 3.8) is 0 Å². The van der Waals surface area contributed by atoms with Gasteiger partial charge < -0.3 is 5.73 Å². The van der Waals surface area contributed by atoms with Crippen molar-refractivity contribution in [2.24, 2.45) is 5.73 Å². The summed E-state index contributed by atoms with van der Waals surface area (Å²) in [4.78, 5) is 32.1. The molecule has 20 heavy (non-hydrogen) atoms. The van der Waals surface area contributed by atoms with Gasteiger partial charge in [0.1, 0.15) is 11.6 Å². The SMILES string of the molecule is CCCC(=O)C(C(C)=O)[Si](C)(C)C.NC(=O)C(F)(F)F. The van der Waals surface area contributed by atoms with Crippen LogP contribution in [0.15, 0.2) is 0 Å². The smallest absolute Gasteiger partial charge is 0.362 e. The van der Waals surface area contributed by atoms with Crippen LogP contribution in [0.25, 0.3) is 0 Å². The van der Waals surface area contributed by atoms with Crippen molar-refractivity contribution in [1.82, 2.24) is 0 Å². The number of ketones is 2. The summed E-state index contributed by atoms with van der Waals surface area (Å²) in [6.07, 6.45) is -3.47. The van der Waals surface area contributed by atoms with E-state index >= 15 is 0 Å². The summed E-state index contributed by atoms with van der Waals surface area (Å²) in [7, 11) is -1.65. The number of nitrogens with two attached hydrogens (primary N) is 1. The second kappa shape index (κ2) is 8.18. The molecule has 0 radical (unpaired) electrons. The van der Waals surface area contributed by atoms with Crippen LogP contribution in [0.2, 0.25) is 25.2 Å². The number of Topliss-reactive ketones (excluding diaryl/α,β-unsaturated/α-hetero) is 2. The lowest BCUT2D eigenvalue weighted by Crippen LogP contribution is -2.38. The van der Waals surface area contributed by atoms with E-state index in [0.717, 1.165) is 6.42 Å². The molecule has 1 atom stereocenters. The third-order valence-corrected chi connectivity index (χ3v) is 4.83. The Balaban J connectivity index is 0. The molecule has 2 N–H and O–H groups in total. The van der Waals surface area contributed by atoms with Crippen molar-refractivity contribution in [2.45, 2.75) is 58.0 Å². The molecular weight excluding hydrogens is 291 g/mol. The van der Waals surface area contributed by atoms with E-state index in [9.17, 15) is 22.8 Å². The highest BCUT2D eigenvalue weighted by atomic mass is 28.3. The Morgan fingerprint density at radius 1 is 1.15 bits per heavy atom. The molecule has 0 rings (SSSR count). The first-order valence-electron chi connectivity index (χ1n) is 6.14. The van der Waals surface area contributed by atoms with Gasteiger partial charge in [0.2, 0.25) is 0 Å². The second-order valence-electron chi connectivity index (χ2n) is 5.49. The molecule has 0 fully saturated rings. The van der Waals surface area contributed by atoms with Crippen LogP contribution in [0.5, 0.6) is 0 Å². The summed E-state index contributed by atoms with van der Waals surface area (Å²) in [6.45, 7) is 9.74. The van der Waals surface area contributed by atoms with Crippen LogP contribution in [-0.2, 0) is 14.4 Å². The van der Waals surface area contributed by atoms with Crippen molar-refractivity contribution in [3.8, 4) is 0 Å². The van der Waals surface area contributed by atoms with Gasteiger partial charge in [0, 0.05) is 6.42 Å². The normalized spacial score (nSPS) is 13.0. The van der Waals surface area contributed by atoms with Crippen LogP contribution >= 0.6 is 0 Å². The predicted octanol–water partition coefficient (Wildman–Crippen LogP) is 2.69. The molecule has 0 spiro atoms. The number of alkyl halides is 3. The molecule has 0 aliphatic carbocycles. The Kier molecular flexibility index (Phi) is 8.64. The molecule has 8 heteroatoms. The Bertz CT molecular complexity index is 362. The number of hydrogen-bond acceptors (Lipinski definition) is 3. The largest absolute Gasteiger partial charge is 0.470 e. The number of halogens is 3. The molecule has 0 aromatic rings. The number of primary amides is 1. The average Bonchev–Trinajstić information content (AvgIpc) is 2.13. The van der Waals surface area contributed by atoms with Crippen molar-refractivity contribution in [3.05, 3.63) is 0 Å². The van der Waals surface area contributed by atoms with Gasteiger partial charge in [0.25, 0.3) is 0 Å². The van der Waals surface area contributed by atoms with Crippen LogP contribution in [0, 0.1) is 0 Å². The fourth-order valence-corrected chi connectivity index (χ4v) is 4.04. The zero-order valence-corrected chi connectivity index (χ0v) is 13.4. The Morgan fingerprint density at radius 2 is 1.50 bits per heavy atom. The van der Waals surface area contributed by atoms with Crippen LogP contribution in [-0.4, -0.2) is 31.7 Å². The maximum Gasteiger partial charge on any atom is 0.470 e. The fraction of sp³-hybridized carbons (Fsp3) is 0.750. The van der Waals surface area contributed by atoms with Crippen molar-refractivity contribution in [2.75, 3.05) is 0 Å². The number of rotatable bonds is 5. The first kappa shape index (κ1) is 21.1. The summed E-state index contributed by atoms with van der Waals surface area (Å²) >= 11 is 0. The average molecular weight is 313 g/mol. The van der Waals surface area contributed by atoms with Gasteiger partial charge in [0.05, 0.1) is 13.6 Å². The van der Waals surface area contributed by atoms with E-state index in [1.165, 1.54) is 6.92 Å². The number of carbonyl (C=O) groups is 3. The van der Waals surface area contributed by atoms with Gasteiger partial charge >= 0.3 is 12.1 Å². The minimum Gasteiger partial charge on any atom is -0.362 e. The Morgan fingerprint density at radius 3 is 1.65 bits per heavy atom. The van der Waals surface area contributed by atoms with Crippen molar-refractivity contribution < 1.29 is 27.6 Å². The zero-order valence-electron chi connectivity index (χ0n) is 12.4. The monoisotopic (exact) mass is 313 g/mol. The van der Waals surface area contributed by atoms with Gasteiger partial charge in [-0.05, 0) is 13.3 Å². The summed E-state index contributed by atoms with van der Waals surface area (Å²) in [6, 6.07) is 0. The number of hydrogen-bond donors (Lipinski definition) is 1. The third kappa shape index (κ3) is 8.84. The molecular formula is C12H22F3NO3Si. The van der Waals surface area contributed by atoms with Gasteiger partial charge in [-0.25, -0.2) is 0 Å². The maximum absolute atomic E-state index is 11.6. The zero-order chi connectivity index (χ0) is 16.7. The van der Waals surface area contributed by atoms with Crippen LogP contribution in [0.1, 0.15) is 26.7 Å². The van der Waals surface area contributed by atoms with E-state index in [4.69, 9.17) is 4.79 Å².